The highest BCUT2D eigenvalue weighted by Gasteiger charge is 2.32. The molecule has 0 rings (SSSR count). The highest BCUT2D eigenvalue weighted by atomic mass is 16.4. The summed E-state index contributed by atoms with van der Waals surface area (Å²) in [4.78, 5) is 71.7. The number of carboxylic acids is 2. The van der Waals surface area contributed by atoms with Crippen LogP contribution in [-0.4, -0.2) is 69.9 Å². The zero-order chi connectivity index (χ0) is 26.6. The number of carboxylic acid groups (broad SMARTS) is 2. The molecule has 4 amide bonds. The van der Waals surface area contributed by atoms with Gasteiger partial charge < -0.3 is 37.6 Å². The van der Waals surface area contributed by atoms with Crippen LogP contribution in [-0.2, 0) is 28.8 Å². The molecule has 0 fully saturated rings. The molecule has 0 bridgehead atoms. The zero-order valence-corrected chi connectivity index (χ0v) is 20.0. The van der Waals surface area contributed by atoms with Gasteiger partial charge in [-0.25, -0.2) is 4.79 Å². The van der Waals surface area contributed by atoms with Crippen molar-refractivity contribution in [1.29, 1.82) is 0 Å². The lowest BCUT2D eigenvalue weighted by Gasteiger charge is -2.26. The molecule has 194 valence electrons. The van der Waals surface area contributed by atoms with E-state index < -0.39 is 72.1 Å². The van der Waals surface area contributed by atoms with E-state index in [0.29, 0.717) is 6.42 Å². The average molecular weight is 488 g/mol. The number of rotatable bonds is 16. The Kier molecular flexibility index (Phi) is 13.4. The van der Waals surface area contributed by atoms with Crippen molar-refractivity contribution in [2.75, 3.05) is 0 Å². The fraction of sp³-hybridized carbons (Fsp3) is 0.714. The Morgan fingerprint density at radius 1 is 0.794 bits per heavy atom. The van der Waals surface area contributed by atoms with Crippen LogP contribution < -0.4 is 27.4 Å². The predicted octanol–water partition coefficient (Wildman–Crippen LogP) is -1.31. The summed E-state index contributed by atoms with van der Waals surface area (Å²) in [7, 11) is 0. The van der Waals surface area contributed by atoms with E-state index in [4.69, 9.17) is 16.6 Å². The van der Waals surface area contributed by atoms with Crippen LogP contribution in [0.4, 0.5) is 0 Å². The molecule has 13 heteroatoms. The maximum atomic E-state index is 12.9. The summed E-state index contributed by atoms with van der Waals surface area (Å²) in [6.45, 7) is 6.73. The van der Waals surface area contributed by atoms with E-state index in [1.807, 2.05) is 6.92 Å². The Hall–Kier alpha value is -3.22. The largest absolute Gasteiger partial charge is 0.481 e. The van der Waals surface area contributed by atoms with Gasteiger partial charge in [0.05, 0.1) is 6.04 Å². The van der Waals surface area contributed by atoms with Crippen molar-refractivity contribution in [3.8, 4) is 0 Å². The quantitative estimate of drug-likeness (QED) is 0.137. The number of hydrogen-bond donors (Lipinski definition) is 7. The van der Waals surface area contributed by atoms with E-state index in [9.17, 15) is 33.9 Å². The number of hydrogen-bond acceptors (Lipinski definition) is 7. The van der Waals surface area contributed by atoms with E-state index >= 15 is 0 Å². The van der Waals surface area contributed by atoms with Gasteiger partial charge in [-0.2, -0.15) is 0 Å². The SMILES string of the molecule is CCC(C)C(N)C(=O)NC(CCC(=O)O)C(=O)NC(CCC(N)=O)C(=O)NC(C(=O)O)C(C)C. The molecule has 0 saturated carbocycles. The van der Waals surface area contributed by atoms with Crippen LogP contribution in [0.3, 0.4) is 0 Å². The maximum Gasteiger partial charge on any atom is 0.326 e. The van der Waals surface area contributed by atoms with Gasteiger partial charge in [-0.05, 0) is 24.7 Å². The van der Waals surface area contributed by atoms with E-state index in [2.05, 4.69) is 16.0 Å². The van der Waals surface area contributed by atoms with Crippen LogP contribution in [0.2, 0.25) is 0 Å². The van der Waals surface area contributed by atoms with Crippen LogP contribution in [0.25, 0.3) is 0 Å². The van der Waals surface area contributed by atoms with Gasteiger partial charge in [0.2, 0.25) is 23.6 Å². The molecule has 13 nitrogen and oxygen atoms in total. The molecule has 34 heavy (non-hydrogen) atoms. The van der Waals surface area contributed by atoms with Gasteiger partial charge in [0, 0.05) is 12.8 Å². The third-order valence-corrected chi connectivity index (χ3v) is 5.38. The first-order chi connectivity index (χ1) is 15.7. The standard InChI is InChI=1S/C21H37N5O8/c1-5-11(4)16(23)20(32)25-13(7-9-15(28)29)18(30)24-12(6-8-14(22)27)19(31)26-17(10(2)3)21(33)34/h10-13,16-17H,5-9,23H2,1-4H3,(H2,22,27)(H,24,30)(H,25,32)(H,26,31)(H,28,29)(H,33,34). The van der Waals surface area contributed by atoms with Gasteiger partial charge in [-0.3, -0.25) is 24.0 Å². The van der Waals surface area contributed by atoms with Gasteiger partial charge in [0.15, 0.2) is 0 Å². The van der Waals surface area contributed by atoms with Crippen molar-refractivity contribution in [1.82, 2.24) is 16.0 Å². The normalized spacial score (nSPS) is 15.4. The van der Waals surface area contributed by atoms with Crippen molar-refractivity contribution in [3.63, 3.8) is 0 Å². The molecule has 0 radical (unpaired) electrons. The summed E-state index contributed by atoms with van der Waals surface area (Å²) in [6.07, 6.45) is -0.666. The first kappa shape index (κ1) is 30.8. The molecule has 0 aliphatic rings. The molecule has 0 heterocycles. The summed E-state index contributed by atoms with van der Waals surface area (Å²) < 4.78 is 0. The molecule has 0 spiro atoms. The van der Waals surface area contributed by atoms with E-state index in [0.717, 1.165) is 0 Å². The van der Waals surface area contributed by atoms with Crippen molar-refractivity contribution in [2.24, 2.45) is 23.3 Å². The Bertz CT molecular complexity index is 757. The molecule has 5 atom stereocenters. The van der Waals surface area contributed by atoms with Gasteiger partial charge in [0.1, 0.15) is 18.1 Å². The number of amides is 4. The van der Waals surface area contributed by atoms with E-state index in [1.165, 1.54) is 0 Å². The number of nitrogens with two attached hydrogens (primary N) is 2. The average Bonchev–Trinajstić information content (AvgIpc) is 2.75. The van der Waals surface area contributed by atoms with Crippen LogP contribution in [0, 0.1) is 11.8 Å². The molecule has 9 N–H and O–H groups in total. The summed E-state index contributed by atoms with van der Waals surface area (Å²) >= 11 is 0. The second-order valence-electron chi connectivity index (χ2n) is 8.54. The fourth-order valence-electron chi connectivity index (χ4n) is 2.91. The lowest BCUT2D eigenvalue weighted by Crippen LogP contribution is -2.58. The third kappa shape index (κ3) is 11.1. The van der Waals surface area contributed by atoms with Crippen LogP contribution in [0.15, 0.2) is 0 Å². The number of carbonyl (C=O) groups is 6. The minimum absolute atomic E-state index is 0.207. The molecule has 5 unspecified atom stereocenters. The lowest BCUT2D eigenvalue weighted by atomic mass is 9.98. The molecular weight excluding hydrogens is 450 g/mol. The minimum Gasteiger partial charge on any atom is -0.481 e. The third-order valence-electron chi connectivity index (χ3n) is 5.38. The highest BCUT2D eigenvalue weighted by Crippen LogP contribution is 2.09. The molecule has 0 aromatic heterocycles. The molecule has 0 saturated heterocycles. The Balaban J connectivity index is 5.66. The van der Waals surface area contributed by atoms with Gasteiger partial charge in [0.25, 0.3) is 0 Å². The highest BCUT2D eigenvalue weighted by molar-refractivity contribution is 5.94. The van der Waals surface area contributed by atoms with Crippen LogP contribution in [0.1, 0.15) is 59.8 Å². The van der Waals surface area contributed by atoms with Crippen molar-refractivity contribution >= 4 is 35.6 Å². The van der Waals surface area contributed by atoms with Crippen molar-refractivity contribution in [3.05, 3.63) is 0 Å². The number of carbonyl (C=O) groups excluding carboxylic acids is 4. The van der Waals surface area contributed by atoms with E-state index in [1.54, 1.807) is 20.8 Å². The summed E-state index contributed by atoms with van der Waals surface area (Å²) in [5, 5.41) is 25.4. The summed E-state index contributed by atoms with van der Waals surface area (Å²) in [5.41, 5.74) is 11.0. The molecule has 0 aromatic carbocycles. The molecule has 0 aromatic rings. The molecule has 0 aliphatic heterocycles. The Morgan fingerprint density at radius 3 is 1.68 bits per heavy atom. The summed E-state index contributed by atoms with van der Waals surface area (Å²) in [6, 6.07) is -4.88. The Labute approximate surface area is 198 Å². The summed E-state index contributed by atoms with van der Waals surface area (Å²) in [5.74, 6) is -6.33. The minimum atomic E-state index is -1.35. The van der Waals surface area contributed by atoms with Crippen molar-refractivity contribution < 1.29 is 39.0 Å². The van der Waals surface area contributed by atoms with Gasteiger partial charge in [-0.15, -0.1) is 0 Å². The predicted molar refractivity (Wildman–Crippen MR) is 121 cm³/mol. The molecule has 0 aliphatic carbocycles. The maximum absolute atomic E-state index is 12.9. The van der Waals surface area contributed by atoms with Crippen molar-refractivity contribution in [2.45, 2.75) is 84.0 Å². The van der Waals surface area contributed by atoms with E-state index in [-0.39, 0.29) is 25.2 Å². The van der Waals surface area contributed by atoms with Gasteiger partial charge >= 0.3 is 11.9 Å². The first-order valence-corrected chi connectivity index (χ1v) is 11.1. The zero-order valence-electron chi connectivity index (χ0n) is 20.0. The number of aliphatic carboxylic acids is 2. The second kappa shape index (κ2) is 14.8. The van der Waals surface area contributed by atoms with Crippen LogP contribution >= 0.6 is 0 Å². The number of nitrogens with one attached hydrogen (secondary N) is 3. The second-order valence-corrected chi connectivity index (χ2v) is 8.54. The van der Waals surface area contributed by atoms with Crippen LogP contribution in [0.5, 0.6) is 0 Å². The molecular formula is C21H37N5O8. The van der Waals surface area contributed by atoms with Gasteiger partial charge in [-0.1, -0.05) is 34.1 Å². The first-order valence-electron chi connectivity index (χ1n) is 11.1. The Morgan fingerprint density at radius 2 is 1.26 bits per heavy atom. The lowest BCUT2D eigenvalue weighted by molar-refractivity contribution is -0.143. The smallest absolute Gasteiger partial charge is 0.326 e. The number of primary amides is 1. The fourth-order valence-corrected chi connectivity index (χ4v) is 2.91. The topological polar surface area (TPSA) is 231 Å². The monoisotopic (exact) mass is 487 g/mol.